The van der Waals surface area contributed by atoms with Crippen LogP contribution >= 0.6 is 0 Å². The molecule has 0 amide bonds. The molecule has 0 aromatic carbocycles. The molecule has 2 atom stereocenters. The minimum Gasteiger partial charge on any atom is -0.479 e. The number of carboxylic acids is 2. The van der Waals surface area contributed by atoms with Gasteiger partial charge in [-0.1, -0.05) is 45.3 Å². The third-order valence-electron chi connectivity index (χ3n) is 3.87. The topological polar surface area (TPSA) is 83.8 Å². The lowest BCUT2D eigenvalue weighted by Gasteiger charge is -2.30. The van der Waals surface area contributed by atoms with Crippen molar-refractivity contribution < 1.29 is 24.5 Å². The summed E-state index contributed by atoms with van der Waals surface area (Å²) in [7, 11) is 0. The number of carboxylic acid groups (broad SMARTS) is 2. The van der Waals surface area contributed by atoms with Gasteiger partial charge in [-0.3, -0.25) is 0 Å². The van der Waals surface area contributed by atoms with Crippen LogP contribution in [0.2, 0.25) is 0 Å². The summed E-state index contributed by atoms with van der Waals surface area (Å²) < 4.78 is 5.67. The van der Waals surface area contributed by atoms with E-state index < -0.39 is 17.5 Å². The van der Waals surface area contributed by atoms with Gasteiger partial charge in [0.1, 0.15) is 0 Å². The Morgan fingerprint density at radius 2 is 2.10 bits per heavy atom. The number of carbonyl (C=O) groups is 2. The Labute approximate surface area is 125 Å². The summed E-state index contributed by atoms with van der Waals surface area (Å²) >= 11 is 0. The predicted molar refractivity (Wildman–Crippen MR) is 79.1 cm³/mol. The highest BCUT2D eigenvalue weighted by Gasteiger charge is 2.41. The first-order valence-electron chi connectivity index (χ1n) is 7.44. The minimum atomic E-state index is -1.55. The van der Waals surface area contributed by atoms with Crippen LogP contribution in [0, 0.1) is 5.92 Å². The number of hydrogen-bond donors (Lipinski definition) is 2. The van der Waals surface area contributed by atoms with Crippen molar-refractivity contribution in [3.05, 3.63) is 23.8 Å². The lowest BCUT2D eigenvalue weighted by molar-refractivity contribution is -0.161. The van der Waals surface area contributed by atoms with Crippen LogP contribution in [0.5, 0.6) is 0 Å². The van der Waals surface area contributed by atoms with E-state index in [2.05, 4.69) is 13.8 Å². The molecule has 0 aromatic rings. The first-order chi connectivity index (χ1) is 9.95. The number of aliphatic carboxylic acids is 2. The maximum absolute atomic E-state index is 11.6. The minimum absolute atomic E-state index is 0.0570. The smallest absolute Gasteiger partial charge is 0.340 e. The van der Waals surface area contributed by atoms with Crippen molar-refractivity contribution in [2.24, 2.45) is 5.92 Å². The summed E-state index contributed by atoms with van der Waals surface area (Å²) in [4.78, 5) is 22.6. The first-order valence-corrected chi connectivity index (χ1v) is 7.44. The molecule has 0 bridgehead atoms. The highest BCUT2D eigenvalue weighted by molar-refractivity contribution is 5.91. The molecular formula is C16H24O5. The number of rotatable bonds is 9. The molecule has 0 radical (unpaired) electrons. The molecular weight excluding hydrogens is 272 g/mol. The summed E-state index contributed by atoms with van der Waals surface area (Å²) in [6.07, 6.45) is 8.25. The van der Waals surface area contributed by atoms with Crippen LogP contribution in [-0.2, 0) is 14.3 Å². The van der Waals surface area contributed by atoms with Gasteiger partial charge in [-0.25, -0.2) is 9.59 Å². The molecule has 0 aliphatic heterocycles. The van der Waals surface area contributed by atoms with Crippen molar-refractivity contribution in [1.29, 1.82) is 0 Å². The molecule has 2 N–H and O–H groups in total. The number of allylic oxidation sites excluding steroid dienone is 2. The van der Waals surface area contributed by atoms with Gasteiger partial charge in [-0.15, -0.1) is 0 Å². The van der Waals surface area contributed by atoms with E-state index in [1.54, 1.807) is 0 Å². The molecule has 2 unspecified atom stereocenters. The Morgan fingerprint density at radius 1 is 1.38 bits per heavy atom. The highest BCUT2D eigenvalue weighted by Crippen LogP contribution is 2.29. The molecule has 5 heteroatoms. The Balaban J connectivity index is 2.75. The maximum atomic E-state index is 11.6. The van der Waals surface area contributed by atoms with Gasteiger partial charge < -0.3 is 14.9 Å². The maximum Gasteiger partial charge on any atom is 0.340 e. The molecule has 0 heterocycles. The number of hydrogen-bond acceptors (Lipinski definition) is 3. The third-order valence-corrected chi connectivity index (χ3v) is 3.87. The van der Waals surface area contributed by atoms with Gasteiger partial charge >= 0.3 is 11.9 Å². The zero-order valence-corrected chi connectivity index (χ0v) is 12.7. The van der Waals surface area contributed by atoms with E-state index in [-0.39, 0.29) is 12.0 Å². The fourth-order valence-electron chi connectivity index (χ4n) is 2.34. The van der Waals surface area contributed by atoms with Gasteiger partial charge in [0.15, 0.2) is 5.60 Å². The van der Waals surface area contributed by atoms with Gasteiger partial charge in [0.2, 0.25) is 0 Å². The summed E-state index contributed by atoms with van der Waals surface area (Å²) in [5.41, 5.74) is -1.50. The fraction of sp³-hybridized carbons (Fsp3) is 0.625. The van der Waals surface area contributed by atoms with Crippen molar-refractivity contribution >= 4 is 11.9 Å². The van der Waals surface area contributed by atoms with Gasteiger partial charge in [0.25, 0.3) is 0 Å². The van der Waals surface area contributed by atoms with E-state index in [0.29, 0.717) is 12.5 Å². The Hall–Kier alpha value is -1.62. The van der Waals surface area contributed by atoms with Crippen LogP contribution in [0.15, 0.2) is 23.8 Å². The summed E-state index contributed by atoms with van der Waals surface area (Å²) in [6, 6.07) is 0. The quantitative estimate of drug-likeness (QED) is 0.683. The van der Waals surface area contributed by atoms with E-state index in [1.807, 2.05) is 0 Å². The number of ether oxygens (including phenoxy) is 1. The molecule has 0 aromatic heterocycles. The lowest BCUT2D eigenvalue weighted by atomic mass is 9.89. The van der Waals surface area contributed by atoms with Gasteiger partial charge in [0.05, 0.1) is 6.61 Å². The Kier molecular flexibility index (Phi) is 6.62. The summed E-state index contributed by atoms with van der Waals surface area (Å²) in [5, 5.41) is 18.5. The highest BCUT2D eigenvalue weighted by atomic mass is 16.5. The Morgan fingerprint density at radius 3 is 2.62 bits per heavy atom. The van der Waals surface area contributed by atoms with Crippen LogP contribution in [0.1, 0.15) is 46.0 Å². The van der Waals surface area contributed by atoms with E-state index in [1.165, 1.54) is 18.2 Å². The molecule has 21 heavy (non-hydrogen) atoms. The largest absolute Gasteiger partial charge is 0.479 e. The predicted octanol–water partition coefficient (Wildman–Crippen LogP) is 3.01. The van der Waals surface area contributed by atoms with Crippen LogP contribution in [0.4, 0.5) is 0 Å². The van der Waals surface area contributed by atoms with Crippen molar-refractivity contribution in [3.63, 3.8) is 0 Å². The molecule has 0 saturated carbocycles. The summed E-state index contributed by atoms with van der Waals surface area (Å²) in [6.45, 7) is 4.50. The third kappa shape index (κ3) is 4.70. The van der Waals surface area contributed by atoms with Crippen molar-refractivity contribution in [1.82, 2.24) is 0 Å². The molecule has 1 rings (SSSR count). The second-order valence-corrected chi connectivity index (χ2v) is 5.46. The van der Waals surface area contributed by atoms with Gasteiger partial charge in [-0.05, 0) is 18.4 Å². The van der Waals surface area contributed by atoms with Crippen LogP contribution in [0.3, 0.4) is 0 Å². The van der Waals surface area contributed by atoms with Crippen molar-refractivity contribution in [3.8, 4) is 0 Å². The normalized spacial score (nSPS) is 22.7. The van der Waals surface area contributed by atoms with Crippen molar-refractivity contribution in [2.75, 3.05) is 6.61 Å². The average Bonchev–Trinajstić information content (AvgIpc) is 2.47. The summed E-state index contributed by atoms with van der Waals surface area (Å²) in [5.74, 6) is -1.95. The molecule has 118 valence electrons. The molecule has 1 aliphatic carbocycles. The molecule has 1 aliphatic rings. The van der Waals surface area contributed by atoms with Crippen LogP contribution < -0.4 is 0 Å². The van der Waals surface area contributed by atoms with E-state index in [9.17, 15) is 14.7 Å². The average molecular weight is 296 g/mol. The SMILES string of the molecule is CCCCC(CC)COC1(C(=O)O)C=CC=C(C(=O)O)C1. The monoisotopic (exact) mass is 296 g/mol. The van der Waals surface area contributed by atoms with E-state index in [4.69, 9.17) is 9.84 Å². The molecule has 0 saturated heterocycles. The van der Waals surface area contributed by atoms with Crippen LogP contribution in [0.25, 0.3) is 0 Å². The fourth-order valence-corrected chi connectivity index (χ4v) is 2.34. The zero-order valence-electron chi connectivity index (χ0n) is 12.7. The lowest BCUT2D eigenvalue weighted by Crippen LogP contribution is -2.43. The van der Waals surface area contributed by atoms with Crippen molar-refractivity contribution in [2.45, 2.75) is 51.6 Å². The molecule has 5 nitrogen and oxygen atoms in total. The van der Waals surface area contributed by atoms with E-state index in [0.717, 1.165) is 25.7 Å². The second-order valence-electron chi connectivity index (χ2n) is 5.46. The number of unbranched alkanes of at least 4 members (excludes halogenated alkanes) is 1. The Bertz CT molecular complexity index is 438. The standard InChI is InChI=1S/C16H24O5/c1-3-5-7-12(4-2)11-21-16(15(19)20)9-6-8-13(10-16)14(17)18/h6,8-9,12H,3-5,7,10-11H2,1-2H3,(H,17,18)(H,19,20). The molecule has 0 spiro atoms. The zero-order chi connectivity index (χ0) is 15.9. The van der Waals surface area contributed by atoms with Gasteiger partial charge in [-0.2, -0.15) is 0 Å². The first kappa shape index (κ1) is 17.4. The second kappa shape index (κ2) is 7.98. The van der Waals surface area contributed by atoms with Gasteiger partial charge in [0, 0.05) is 12.0 Å². The van der Waals surface area contributed by atoms with E-state index >= 15 is 0 Å². The molecule has 0 fully saturated rings. The van der Waals surface area contributed by atoms with Crippen LogP contribution in [-0.4, -0.2) is 34.4 Å².